The van der Waals surface area contributed by atoms with Crippen molar-refractivity contribution in [1.82, 2.24) is 5.32 Å². The number of anilines is 1. The van der Waals surface area contributed by atoms with E-state index in [-0.39, 0.29) is 12.5 Å². The Balaban J connectivity index is 2.60. The highest BCUT2D eigenvalue weighted by molar-refractivity contribution is 5.77. The maximum atomic E-state index is 11.4. The first kappa shape index (κ1) is 14.1. The molecule has 3 N–H and O–H groups in total. The van der Waals surface area contributed by atoms with Crippen molar-refractivity contribution in [2.45, 2.75) is 19.8 Å². The van der Waals surface area contributed by atoms with Gasteiger partial charge in [0.2, 0.25) is 0 Å². The van der Waals surface area contributed by atoms with Crippen LogP contribution in [0.3, 0.4) is 0 Å². The standard InChI is InChI=1S/C14H20N2O2/c1-3-5-11-9-12(15)6-7-13(11)18-10-14(17)16-8-4-2/h3,6-7,9H,1,4-5,8,10,15H2,2H3,(H,16,17). The van der Waals surface area contributed by atoms with E-state index in [0.717, 1.165) is 12.0 Å². The molecule has 98 valence electrons. The number of carbonyl (C=O) groups is 1. The van der Waals surface area contributed by atoms with Crippen LogP contribution in [0.15, 0.2) is 30.9 Å². The molecule has 0 aromatic heterocycles. The van der Waals surface area contributed by atoms with Gasteiger partial charge in [-0.25, -0.2) is 0 Å². The minimum Gasteiger partial charge on any atom is -0.483 e. The number of carbonyl (C=O) groups excluding carboxylic acids is 1. The smallest absolute Gasteiger partial charge is 0.257 e. The second kappa shape index (κ2) is 7.37. The van der Waals surface area contributed by atoms with Gasteiger partial charge in [-0.15, -0.1) is 6.58 Å². The van der Waals surface area contributed by atoms with Crippen LogP contribution in [-0.2, 0) is 11.2 Å². The van der Waals surface area contributed by atoms with Crippen molar-refractivity contribution in [1.29, 1.82) is 0 Å². The highest BCUT2D eigenvalue weighted by Crippen LogP contribution is 2.22. The van der Waals surface area contributed by atoms with Gasteiger partial charge in [-0.05, 0) is 36.6 Å². The van der Waals surface area contributed by atoms with Gasteiger partial charge >= 0.3 is 0 Å². The fraction of sp³-hybridized carbons (Fsp3) is 0.357. The molecule has 0 aliphatic carbocycles. The molecule has 0 atom stereocenters. The van der Waals surface area contributed by atoms with Crippen LogP contribution in [0.5, 0.6) is 5.75 Å². The van der Waals surface area contributed by atoms with Crippen molar-refractivity contribution < 1.29 is 9.53 Å². The van der Waals surface area contributed by atoms with E-state index in [1.807, 2.05) is 13.0 Å². The van der Waals surface area contributed by atoms with Crippen LogP contribution in [0.4, 0.5) is 5.69 Å². The van der Waals surface area contributed by atoms with Crippen LogP contribution in [-0.4, -0.2) is 19.1 Å². The quantitative estimate of drug-likeness (QED) is 0.572. The van der Waals surface area contributed by atoms with Crippen molar-refractivity contribution in [3.8, 4) is 5.75 Å². The fourth-order valence-corrected chi connectivity index (χ4v) is 1.51. The highest BCUT2D eigenvalue weighted by atomic mass is 16.5. The molecule has 0 aliphatic heterocycles. The molecule has 0 bridgehead atoms. The molecule has 4 heteroatoms. The van der Waals surface area contributed by atoms with Gasteiger partial charge in [0, 0.05) is 12.2 Å². The molecule has 0 radical (unpaired) electrons. The van der Waals surface area contributed by atoms with Gasteiger partial charge in [0.15, 0.2) is 6.61 Å². The summed E-state index contributed by atoms with van der Waals surface area (Å²) >= 11 is 0. The molecule has 1 aromatic carbocycles. The molecule has 0 saturated carbocycles. The Morgan fingerprint density at radius 3 is 3.00 bits per heavy atom. The summed E-state index contributed by atoms with van der Waals surface area (Å²) in [5.41, 5.74) is 7.32. The lowest BCUT2D eigenvalue weighted by atomic mass is 10.1. The van der Waals surface area contributed by atoms with Gasteiger partial charge in [-0.3, -0.25) is 4.79 Å². The summed E-state index contributed by atoms with van der Waals surface area (Å²) in [6.45, 7) is 6.38. The largest absolute Gasteiger partial charge is 0.483 e. The van der Waals surface area contributed by atoms with Crippen LogP contribution < -0.4 is 15.8 Å². The maximum Gasteiger partial charge on any atom is 0.257 e. The molecule has 0 spiro atoms. The molecule has 1 amide bonds. The number of benzene rings is 1. The molecule has 1 rings (SSSR count). The molecule has 0 unspecified atom stereocenters. The number of hydrogen-bond acceptors (Lipinski definition) is 3. The number of nitrogen functional groups attached to an aromatic ring is 1. The number of nitrogens with one attached hydrogen (secondary N) is 1. The molecule has 0 saturated heterocycles. The zero-order valence-electron chi connectivity index (χ0n) is 10.7. The van der Waals surface area contributed by atoms with E-state index in [4.69, 9.17) is 10.5 Å². The van der Waals surface area contributed by atoms with Crippen molar-refractivity contribution in [3.63, 3.8) is 0 Å². The molecular formula is C14H20N2O2. The third-order valence-electron chi connectivity index (χ3n) is 2.38. The summed E-state index contributed by atoms with van der Waals surface area (Å²) in [6, 6.07) is 5.37. The van der Waals surface area contributed by atoms with Crippen LogP contribution in [0, 0.1) is 0 Å². The molecule has 0 aliphatic rings. The van der Waals surface area contributed by atoms with E-state index < -0.39 is 0 Å². The third kappa shape index (κ3) is 4.49. The van der Waals surface area contributed by atoms with Crippen molar-refractivity contribution in [2.24, 2.45) is 0 Å². The summed E-state index contributed by atoms with van der Waals surface area (Å²) in [6.07, 6.45) is 3.35. The Kier molecular flexibility index (Phi) is 5.77. The second-order valence-electron chi connectivity index (χ2n) is 4.00. The zero-order valence-corrected chi connectivity index (χ0v) is 10.7. The Morgan fingerprint density at radius 1 is 1.56 bits per heavy atom. The summed E-state index contributed by atoms with van der Waals surface area (Å²) < 4.78 is 5.49. The molecule has 18 heavy (non-hydrogen) atoms. The molecular weight excluding hydrogens is 228 g/mol. The lowest BCUT2D eigenvalue weighted by Crippen LogP contribution is -2.29. The van der Waals surface area contributed by atoms with E-state index >= 15 is 0 Å². The second-order valence-corrected chi connectivity index (χ2v) is 4.00. The normalized spacial score (nSPS) is 9.83. The van der Waals surface area contributed by atoms with Crippen LogP contribution >= 0.6 is 0 Å². The average Bonchev–Trinajstić information content (AvgIpc) is 2.36. The van der Waals surface area contributed by atoms with Crippen molar-refractivity contribution in [3.05, 3.63) is 36.4 Å². The minimum atomic E-state index is -0.113. The molecule has 0 fully saturated rings. The van der Waals surface area contributed by atoms with E-state index in [1.54, 1.807) is 18.2 Å². The third-order valence-corrected chi connectivity index (χ3v) is 2.38. The number of ether oxygens (including phenoxy) is 1. The van der Waals surface area contributed by atoms with Gasteiger partial charge in [0.1, 0.15) is 5.75 Å². The predicted octanol–water partition coefficient (Wildman–Crippen LogP) is 1.90. The maximum absolute atomic E-state index is 11.4. The zero-order chi connectivity index (χ0) is 13.4. The lowest BCUT2D eigenvalue weighted by Gasteiger charge is -2.11. The van der Waals surface area contributed by atoms with Crippen molar-refractivity contribution in [2.75, 3.05) is 18.9 Å². The fourth-order valence-electron chi connectivity index (χ4n) is 1.51. The number of allylic oxidation sites excluding steroid dienone is 1. The van der Waals surface area contributed by atoms with E-state index in [1.165, 1.54) is 0 Å². The first-order chi connectivity index (χ1) is 8.67. The molecule has 0 heterocycles. The first-order valence-corrected chi connectivity index (χ1v) is 6.06. The molecule has 1 aromatic rings. The van der Waals surface area contributed by atoms with Gasteiger partial charge in [-0.1, -0.05) is 13.0 Å². The monoisotopic (exact) mass is 248 g/mol. The van der Waals surface area contributed by atoms with Gasteiger partial charge in [0.05, 0.1) is 0 Å². The van der Waals surface area contributed by atoms with Crippen molar-refractivity contribution >= 4 is 11.6 Å². The van der Waals surface area contributed by atoms with E-state index in [0.29, 0.717) is 24.4 Å². The number of hydrogen-bond donors (Lipinski definition) is 2. The van der Waals surface area contributed by atoms with Crippen LogP contribution in [0.1, 0.15) is 18.9 Å². The van der Waals surface area contributed by atoms with Gasteiger partial charge in [0.25, 0.3) is 5.91 Å². The Hall–Kier alpha value is -1.97. The Morgan fingerprint density at radius 2 is 2.33 bits per heavy atom. The topological polar surface area (TPSA) is 64.3 Å². The summed E-state index contributed by atoms with van der Waals surface area (Å²) in [7, 11) is 0. The van der Waals surface area contributed by atoms with Crippen LogP contribution in [0.25, 0.3) is 0 Å². The number of amides is 1. The summed E-state index contributed by atoms with van der Waals surface area (Å²) in [5.74, 6) is 0.564. The van der Waals surface area contributed by atoms with E-state index in [9.17, 15) is 4.79 Å². The Labute approximate surface area is 108 Å². The SMILES string of the molecule is C=CCc1cc(N)ccc1OCC(=O)NCCC. The van der Waals surface area contributed by atoms with Gasteiger partial charge < -0.3 is 15.8 Å². The number of nitrogens with two attached hydrogens (primary N) is 1. The van der Waals surface area contributed by atoms with Crippen LogP contribution in [0.2, 0.25) is 0 Å². The minimum absolute atomic E-state index is 0.0219. The Bertz CT molecular complexity index is 416. The summed E-state index contributed by atoms with van der Waals surface area (Å²) in [5, 5.41) is 2.76. The first-order valence-electron chi connectivity index (χ1n) is 6.06. The van der Waals surface area contributed by atoms with Gasteiger partial charge in [-0.2, -0.15) is 0 Å². The lowest BCUT2D eigenvalue weighted by molar-refractivity contribution is -0.123. The average molecular weight is 248 g/mol. The van der Waals surface area contributed by atoms with E-state index in [2.05, 4.69) is 11.9 Å². The molecule has 4 nitrogen and oxygen atoms in total. The summed E-state index contributed by atoms with van der Waals surface area (Å²) in [4.78, 5) is 11.4. The highest BCUT2D eigenvalue weighted by Gasteiger charge is 2.06. The predicted molar refractivity (Wildman–Crippen MR) is 73.6 cm³/mol. The number of rotatable bonds is 7.